The number of rotatable bonds is 25. The number of fused-ring (bicyclic) bond motifs is 8. The molecule has 3 aliphatic rings. The van der Waals surface area contributed by atoms with Crippen LogP contribution in [0, 0.1) is 25.7 Å². The van der Waals surface area contributed by atoms with Gasteiger partial charge in [0.2, 0.25) is 0 Å². The second kappa shape index (κ2) is 23.2. The third kappa shape index (κ3) is 10.1. The number of hydrogen-bond donors (Lipinski definition) is 0. The summed E-state index contributed by atoms with van der Waals surface area (Å²) in [6, 6.07) is 40.7. The Hall–Kier alpha value is -5.74. The Morgan fingerprint density at radius 2 is 0.849 bits per heavy atom. The van der Waals surface area contributed by atoms with Crippen molar-refractivity contribution in [1.82, 2.24) is 0 Å². The average Bonchev–Trinajstić information content (AvgIpc) is 3.96. The molecule has 0 spiro atoms. The van der Waals surface area contributed by atoms with Gasteiger partial charge in [-0.05, 0) is 102 Å². The summed E-state index contributed by atoms with van der Waals surface area (Å²) in [7, 11) is 0. The number of benzene rings is 6. The third-order valence-corrected chi connectivity index (χ3v) is 17.4. The van der Waals surface area contributed by atoms with Gasteiger partial charge in [-0.1, -0.05) is 246 Å². The number of nitrogens with zero attached hydrogens (tertiary/aromatic N) is 2. The zero-order valence-electron chi connectivity index (χ0n) is 45.9. The lowest BCUT2D eigenvalue weighted by Crippen LogP contribution is -2.34. The number of hydrogen-bond acceptors (Lipinski definition) is 2. The van der Waals surface area contributed by atoms with E-state index in [0.717, 1.165) is 106 Å². The SMILES string of the molecule is CCCCCCC1(CCCCCC)c2cc(C)ccc2-c2ccc(-c3ccc(C4=c5ccc6c7c(ccc6c5N(CC(CC)CCCC)C4=O)=C(c4ccc(C)cc4)C(=O)N7CC(CC)CCCC)cc3)cc21. The molecule has 4 heteroatoms. The van der Waals surface area contributed by atoms with Gasteiger partial charge in [-0.15, -0.1) is 0 Å². The van der Waals surface area contributed by atoms with E-state index in [1.165, 1.54) is 103 Å². The summed E-state index contributed by atoms with van der Waals surface area (Å²) >= 11 is 0. The molecule has 6 aromatic carbocycles. The maximum atomic E-state index is 15.4. The van der Waals surface area contributed by atoms with Crippen LogP contribution < -0.4 is 20.2 Å². The van der Waals surface area contributed by atoms with Crippen molar-refractivity contribution in [2.75, 3.05) is 22.9 Å². The Morgan fingerprint density at radius 1 is 0.425 bits per heavy atom. The van der Waals surface area contributed by atoms with Gasteiger partial charge < -0.3 is 9.80 Å². The van der Waals surface area contributed by atoms with E-state index in [9.17, 15) is 4.79 Å². The monoisotopic (exact) mass is 973 g/mol. The molecule has 9 rings (SSSR count). The van der Waals surface area contributed by atoms with Crippen molar-refractivity contribution in [3.05, 3.63) is 153 Å². The first-order chi connectivity index (χ1) is 35.6. The minimum Gasteiger partial charge on any atom is -0.307 e. The molecule has 0 saturated carbocycles. The number of anilines is 2. The van der Waals surface area contributed by atoms with Gasteiger partial charge >= 0.3 is 0 Å². The molecule has 0 bridgehead atoms. The first kappa shape index (κ1) is 52.1. The lowest BCUT2D eigenvalue weighted by Gasteiger charge is -2.33. The van der Waals surface area contributed by atoms with E-state index < -0.39 is 0 Å². The number of amides is 2. The summed E-state index contributed by atoms with van der Waals surface area (Å²) < 4.78 is 0. The van der Waals surface area contributed by atoms with Crippen LogP contribution in [0.1, 0.15) is 190 Å². The van der Waals surface area contributed by atoms with Gasteiger partial charge in [0, 0.05) is 39.7 Å². The van der Waals surface area contributed by atoms with Crippen LogP contribution in [-0.2, 0) is 15.0 Å². The molecule has 2 amide bonds. The van der Waals surface area contributed by atoms with Crippen molar-refractivity contribution in [3.8, 4) is 22.3 Å². The number of aryl methyl sites for hydroxylation is 2. The molecule has 0 fully saturated rings. The summed E-state index contributed by atoms with van der Waals surface area (Å²) in [5.74, 6) is 0.944. The predicted molar refractivity (Wildman–Crippen MR) is 311 cm³/mol. The maximum absolute atomic E-state index is 15.4. The number of unbranched alkanes of at least 4 members (excludes halogenated alkanes) is 8. The average molecular weight is 973 g/mol. The highest BCUT2D eigenvalue weighted by molar-refractivity contribution is 6.34. The van der Waals surface area contributed by atoms with E-state index in [4.69, 9.17) is 0 Å². The van der Waals surface area contributed by atoms with Gasteiger partial charge in [0.05, 0.1) is 22.5 Å². The molecule has 2 atom stereocenters. The molecule has 4 nitrogen and oxygen atoms in total. The maximum Gasteiger partial charge on any atom is 0.259 e. The van der Waals surface area contributed by atoms with Crippen LogP contribution >= 0.6 is 0 Å². The van der Waals surface area contributed by atoms with Crippen molar-refractivity contribution < 1.29 is 9.59 Å². The molecular weight excluding hydrogens is 889 g/mol. The Kier molecular flexibility index (Phi) is 16.6. The van der Waals surface area contributed by atoms with Crippen LogP contribution in [0.4, 0.5) is 11.4 Å². The molecule has 2 unspecified atom stereocenters. The van der Waals surface area contributed by atoms with Gasteiger partial charge in [-0.3, -0.25) is 9.59 Å². The lowest BCUT2D eigenvalue weighted by molar-refractivity contribution is -0.114. The van der Waals surface area contributed by atoms with Crippen LogP contribution in [-0.4, -0.2) is 24.9 Å². The highest BCUT2D eigenvalue weighted by atomic mass is 16.2. The highest BCUT2D eigenvalue weighted by Gasteiger charge is 2.43. The number of carbonyl (C=O) groups is 2. The Morgan fingerprint density at radius 3 is 1.33 bits per heavy atom. The second-order valence-corrected chi connectivity index (χ2v) is 22.4. The molecule has 0 radical (unpaired) electrons. The Labute approximate surface area is 439 Å². The zero-order valence-corrected chi connectivity index (χ0v) is 45.9. The molecule has 6 aromatic rings. The molecule has 2 heterocycles. The van der Waals surface area contributed by atoms with E-state index in [-0.39, 0.29) is 17.2 Å². The summed E-state index contributed by atoms with van der Waals surface area (Å²) in [4.78, 5) is 34.5. The molecule has 1 aliphatic carbocycles. The van der Waals surface area contributed by atoms with E-state index in [1.54, 1.807) is 5.56 Å². The van der Waals surface area contributed by atoms with Crippen molar-refractivity contribution in [2.24, 2.45) is 11.8 Å². The fraction of sp³-hybridized carbons (Fsp3) is 0.449. The Balaban J connectivity index is 1.16. The second-order valence-electron chi connectivity index (χ2n) is 22.4. The van der Waals surface area contributed by atoms with Gasteiger partial charge in [0.1, 0.15) is 0 Å². The minimum absolute atomic E-state index is 0.0150. The van der Waals surface area contributed by atoms with Gasteiger partial charge in [0.15, 0.2) is 0 Å². The molecule has 0 aromatic heterocycles. The third-order valence-electron chi connectivity index (χ3n) is 17.4. The van der Waals surface area contributed by atoms with Crippen molar-refractivity contribution >= 4 is 45.1 Å². The van der Waals surface area contributed by atoms with Crippen LogP contribution in [0.2, 0.25) is 0 Å². The quantitative estimate of drug-likeness (QED) is 0.0536. The van der Waals surface area contributed by atoms with Crippen molar-refractivity contribution in [3.63, 3.8) is 0 Å². The fourth-order valence-electron chi connectivity index (χ4n) is 13.0. The summed E-state index contributed by atoms with van der Waals surface area (Å²) in [5.41, 5.74) is 16.3. The highest BCUT2D eigenvalue weighted by Crippen LogP contribution is 2.55. The molecular formula is C69H84N2O2. The number of carbonyl (C=O) groups excluding carboxylic acids is 2. The molecule has 2 aliphatic heterocycles. The smallest absolute Gasteiger partial charge is 0.259 e. The summed E-state index contributed by atoms with van der Waals surface area (Å²) in [6.07, 6.45) is 21.3. The zero-order chi connectivity index (χ0) is 51.2. The topological polar surface area (TPSA) is 40.6 Å². The first-order valence-electron chi connectivity index (χ1n) is 29.0. The molecule has 0 saturated heterocycles. The van der Waals surface area contributed by atoms with Crippen LogP contribution in [0.3, 0.4) is 0 Å². The van der Waals surface area contributed by atoms with Crippen LogP contribution in [0.25, 0.3) is 44.2 Å². The Bertz CT molecular complexity index is 3060. The van der Waals surface area contributed by atoms with Crippen LogP contribution in [0.5, 0.6) is 0 Å². The largest absolute Gasteiger partial charge is 0.307 e. The summed E-state index contributed by atoms with van der Waals surface area (Å²) in [6.45, 7) is 19.4. The minimum atomic E-state index is 0.0150. The first-order valence-corrected chi connectivity index (χ1v) is 29.0. The van der Waals surface area contributed by atoms with E-state index in [2.05, 4.69) is 174 Å². The standard InChI is InChI=1S/C69H84N2O2/c1-9-15-19-21-41-69(42-22-20-16-10-2)61-43-48(8)27-35-55(61)56-36-34-54(44-62(56)69)51-30-32-53(33-31-51)64-60-40-38-57-58(66(60)71(68(64)73)46-50(14-6)24-18-12-4)37-39-59-63(52-28-25-47(7)26-29-52)67(72)70(65(57)59)45-49(13-5)23-17-11-3/h25-40,43-44,49-50H,9-24,41-42,45-46H2,1-8H3. The van der Waals surface area contributed by atoms with E-state index in [1.807, 2.05) is 0 Å². The summed E-state index contributed by atoms with van der Waals surface area (Å²) in [5, 5.41) is 4.08. The van der Waals surface area contributed by atoms with Gasteiger partial charge in [-0.2, -0.15) is 0 Å². The fourth-order valence-corrected chi connectivity index (χ4v) is 13.0. The van der Waals surface area contributed by atoms with E-state index >= 15 is 4.79 Å². The van der Waals surface area contributed by atoms with Gasteiger partial charge in [-0.25, -0.2) is 0 Å². The molecule has 73 heavy (non-hydrogen) atoms. The lowest BCUT2D eigenvalue weighted by atomic mass is 9.70. The molecule has 382 valence electrons. The predicted octanol–water partition coefficient (Wildman–Crippen LogP) is 16.9. The van der Waals surface area contributed by atoms with Crippen molar-refractivity contribution in [1.29, 1.82) is 0 Å². The van der Waals surface area contributed by atoms with Crippen molar-refractivity contribution in [2.45, 2.75) is 176 Å². The van der Waals surface area contributed by atoms with E-state index in [0.29, 0.717) is 24.9 Å². The van der Waals surface area contributed by atoms with Gasteiger partial charge in [0.25, 0.3) is 11.8 Å². The molecule has 0 N–H and O–H groups in total. The van der Waals surface area contributed by atoms with Crippen LogP contribution in [0.15, 0.2) is 109 Å². The normalized spacial score (nSPS) is 15.3.